The van der Waals surface area contributed by atoms with Crippen LogP contribution in [-0.2, 0) is 6.42 Å². The normalized spacial score (nSPS) is 15.2. The lowest BCUT2D eigenvalue weighted by Gasteiger charge is -2.33. The Labute approximate surface area is 240 Å². The van der Waals surface area contributed by atoms with E-state index in [2.05, 4.69) is 80.5 Å². The molecule has 0 aliphatic rings. The molecule has 0 aliphatic heterocycles. The molecule has 0 saturated heterocycles. The summed E-state index contributed by atoms with van der Waals surface area (Å²) >= 11 is 0. The minimum Gasteiger partial charge on any atom is -0.504 e. The van der Waals surface area contributed by atoms with Gasteiger partial charge in [0.2, 0.25) is 5.78 Å². The van der Waals surface area contributed by atoms with E-state index in [4.69, 9.17) is 0 Å². The fourth-order valence-electron chi connectivity index (χ4n) is 6.55. The van der Waals surface area contributed by atoms with Crippen LogP contribution in [-0.4, -0.2) is 10.9 Å². The van der Waals surface area contributed by atoms with Gasteiger partial charge >= 0.3 is 0 Å². The number of benzene rings is 2. The predicted octanol–water partition coefficient (Wildman–Crippen LogP) is 11.6. The lowest BCUT2D eigenvalue weighted by molar-refractivity contribution is 0.0978. The fourth-order valence-corrected chi connectivity index (χ4v) is 6.55. The molecule has 39 heavy (non-hydrogen) atoms. The number of aliphatic hydroxyl groups excluding tert-OH is 1. The average Bonchev–Trinajstić information content (AvgIpc) is 2.91. The maximum Gasteiger partial charge on any atom is 0.227 e. The van der Waals surface area contributed by atoms with Gasteiger partial charge in [-0.3, -0.25) is 4.79 Å². The topological polar surface area (TPSA) is 37.3 Å². The number of aliphatic hydroxyl groups is 1. The van der Waals surface area contributed by atoms with Crippen molar-refractivity contribution in [1.29, 1.82) is 0 Å². The van der Waals surface area contributed by atoms with Crippen molar-refractivity contribution in [3.05, 3.63) is 75.0 Å². The van der Waals surface area contributed by atoms with Crippen LogP contribution < -0.4 is 0 Å². The molecule has 2 heteroatoms. The molecule has 0 saturated carbocycles. The average molecular weight is 533 g/mol. The summed E-state index contributed by atoms with van der Waals surface area (Å²) in [5.74, 6) is 1.03. The number of Topliss-reactive ketones (excluding diaryl/α,β-unsaturated/α-hetero) is 1. The smallest absolute Gasteiger partial charge is 0.227 e. The van der Waals surface area contributed by atoms with E-state index >= 15 is 0 Å². The summed E-state index contributed by atoms with van der Waals surface area (Å²) in [5, 5.41) is 11.3. The number of allylic oxidation sites excluding steroid dienone is 1. The molecule has 4 unspecified atom stereocenters. The molecule has 0 fully saturated rings. The van der Waals surface area contributed by atoms with E-state index in [9.17, 15) is 9.90 Å². The Bertz CT molecular complexity index is 1090. The molecule has 1 N–H and O–H groups in total. The van der Waals surface area contributed by atoms with Crippen LogP contribution in [0.25, 0.3) is 6.08 Å². The first-order valence-electron chi connectivity index (χ1n) is 15.9. The summed E-state index contributed by atoms with van der Waals surface area (Å²) in [6.45, 7) is 20.5. The molecular weight excluding hydrogens is 476 g/mol. The second kappa shape index (κ2) is 16.0. The SMILES string of the molecule is CCCC(C)c1cc(C(=O)C(O)=Cc2cccc(CC)c2)c(C(C)CCC)c(C(C)CCC)c1C(C)CCC. The monoisotopic (exact) mass is 532 g/mol. The summed E-state index contributed by atoms with van der Waals surface area (Å²) in [6.07, 6.45) is 11.4. The Balaban J connectivity index is 2.94. The minimum absolute atomic E-state index is 0.161. The third-order valence-corrected chi connectivity index (χ3v) is 8.52. The van der Waals surface area contributed by atoms with E-state index in [-0.39, 0.29) is 17.5 Å². The Kier molecular flexibility index (Phi) is 13.5. The number of carbonyl (C=O) groups excluding carboxylic acids is 1. The highest BCUT2D eigenvalue weighted by Gasteiger charge is 2.31. The summed E-state index contributed by atoms with van der Waals surface area (Å²) in [4.78, 5) is 14.2. The first kappa shape index (κ1) is 32.9. The highest BCUT2D eigenvalue weighted by molar-refractivity contribution is 6.11. The molecule has 0 amide bonds. The number of carbonyl (C=O) groups is 1. The summed E-state index contributed by atoms with van der Waals surface area (Å²) in [6, 6.07) is 10.3. The van der Waals surface area contributed by atoms with Gasteiger partial charge in [0.15, 0.2) is 5.76 Å². The van der Waals surface area contributed by atoms with E-state index in [0.717, 1.165) is 68.9 Å². The van der Waals surface area contributed by atoms with Gasteiger partial charge in [-0.05, 0) is 101 Å². The third kappa shape index (κ3) is 8.32. The largest absolute Gasteiger partial charge is 0.504 e. The quantitative estimate of drug-likeness (QED) is 0.133. The summed E-state index contributed by atoms with van der Waals surface area (Å²) in [7, 11) is 0. The molecule has 0 spiro atoms. The van der Waals surface area contributed by atoms with Gasteiger partial charge in [0.05, 0.1) is 0 Å². The third-order valence-electron chi connectivity index (χ3n) is 8.52. The van der Waals surface area contributed by atoms with Crippen LogP contribution in [0, 0.1) is 0 Å². The first-order chi connectivity index (χ1) is 18.6. The molecule has 216 valence electrons. The van der Waals surface area contributed by atoms with Crippen molar-refractivity contribution in [2.75, 3.05) is 0 Å². The van der Waals surface area contributed by atoms with E-state index in [1.807, 2.05) is 12.1 Å². The zero-order chi connectivity index (χ0) is 29.1. The maximum absolute atomic E-state index is 14.2. The van der Waals surface area contributed by atoms with Gasteiger partial charge in [-0.15, -0.1) is 0 Å². The van der Waals surface area contributed by atoms with Crippen LogP contribution in [0.3, 0.4) is 0 Å². The van der Waals surface area contributed by atoms with Crippen LogP contribution in [0.5, 0.6) is 0 Å². The second-order valence-corrected chi connectivity index (χ2v) is 12.0. The van der Waals surface area contributed by atoms with Crippen molar-refractivity contribution in [2.45, 2.75) is 144 Å². The molecule has 0 bridgehead atoms. The van der Waals surface area contributed by atoms with Gasteiger partial charge in [0.25, 0.3) is 0 Å². The zero-order valence-corrected chi connectivity index (χ0v) is 26.5. The van der Waals surface area contributed by atoms with E-state index in [1.165, 1.54) is 27.8 Å². The predicted molar refractivity (Wildman–Crippen MR) is 170 cm³/mol. The van der Waals surface area contributed by atoms with Gasteiger partial charge < -0.3 is 5.11 Å². The van der Waals surface area contributed by atoms with Crippen molar-refractivity contribution in [2.24, 2.45) is 0 Å². The number of hydrogen-bond acceptors (Lipinski definition) is 2. The van der Waals surface area contributed by atoms with Gasteiger partial charge in [0.1, 0.15) is 0 Å². The van der Waals surface area contributed by atoms with Gasteiger partial charge in [0, 0.05) is 5.56 Å². The molecule has 2 aromatic carbocycles. The van der Waals surface area contributed by atoms with E-state index < -0.39 is 0 Å². The van der Waals surface area contributed by atoms with Crippen LogP contribution >= 0.6 is 0 Å². The number of ketones is 1. The summed E-state index contributed by atoms with van der Waals surface area (Å²) in [5.41, 5.74) is 8.20. The Hall–Kier alpha value is -2.35. The second-order valence-electron chi connectivity index (χ2n) is 12.0. The molecule has 0 aromatic heterocycles. The Morgan fingerprint density at radius 1 is 0.718 bits per heavy atom. The van der Waals surface area contributed by atoms with Crippen molar-refractivity contribution >= 4 is 11.9 Å². The number of aryl methyl sites for hydroxylation is 1. The van der Waals surface area contributed by atoms with Crippen LogP contribution in [0.4, 0.5) is 0 Å². The Morgan fingerprint density at radius 2 is 1.23 bits per heavy atom. The Morgan fingerprint density at radius 3 is 1.77 bits per heavy atom. The number of rotatable bonds is 16. The molecule has 0 aliphatic carbocycles. The molecule has 4 atom stereocenters. The highest BCUT2D eigenvalue weighted by atomic mass is 16.3. The highest BCUT2D eigenvalue weighted by Crippen LogP contribution is 2.45. The molecule has 2 nitrogen and oxygen atoms in total. The molecule has 2 rings (SSSR count). The molecule has 0 heterocycles. The van der Waals surface area contributed by atoms with Crippen LogP contribution in [0.2, 0.25) is 0 Å². The molecule has 0 radical (unpaired) electrons. The molecule has 2 aromatic rings. The van der Waals surface area contributed by atoms with Crippen molar-refractivity contribution in [3.8, 4) is 0 Å². The lowest BCUT2D eigenvalue weighted by atomic mass is 9.72. The summed E-state index contributed by atoms with van der Waals surface area (Å²) < 4.78 is 0. The van der Waals surface area contributed by atoms with Crippen molar-refractivity contribution in [3.63, 3.8) is 0 Å². The van der Waals surface area contributed by atoms with E-state index in [0.29, 0.717) is 17.8 Å². The maximum atomic E-state index is 14.2. The van der Waals surface area contributed by atoms with Gasteiger partial charge in [-0.2, -0.15) is 0 Å². The minimum atomic E-state index is -0.237. The van der Waals surface area contributed by atoms with E-state index in [1.54, 1.807) is 6.08 Å². The van der Waals surface area contributed by atoms with Crippen molar-refractivity contribution in [1.82, 2.24) is 0 Å². The van der Waals surface area contributed by atoms with Crippen LogP contribution in [0.15, 0.2) is 36.1 Å². The number of hydrogen-bond donors (Lipinski definition) is 1. The van der Waals surface area contributed by atoms with Crippen molar-refractivity contribution < 1.29 is 9.90 Å². The first-order valence-corrected chi connectivity index (χ1v) is 15.9. The lowest BCUT2D eigenvalue weighted by Crippen LogP contribution is -2.19. The van der Waals surface area contributed by atoms with Crippen LogP contribution in [0.1, 0.15) is 181 Å². The molecular formula is C37H56O2. The van der Waals surface area contributed by atoms with Gasteiger partial charge in [-0.1, -0.05) is 112 Å². The van der Waals surface area contributed by atoms with Gasteiger partial charge in [-0.25, -0.2) is 0 Å². The standard InChI is InChI=1S/C37H56O2/c1-10-16-25(6)31-24-32(37(39)33(38)23-30-21-15-20-29(14-5)22-30)35(27(8)18-12-3)36(28(9)19-13-4)34(31)26(7)17-11-2/h15,20-28,38H,10-14,16-19H2,1-9H3. The zero-order valence-electron chi connectivity index (χ0n) is 26.5. The fraction of sp³-hybridized carbons (Fsp3) is 0.595.